The largest absolute Gasteiger partial charge is 0.474 e. The summed E-state index contributed by atoms with van der Waals surface area (Å²) in [6.07, 6.45) is 4.17. The van der Waals surface area contributed by atoms with Gasteiger partial charge in [-0.2, -0.15) is 0 Å². The van der Waals surface area contributed by atoms with Gasteiger partial charge in [0.15, 0.2) is 0 Å². The summed E-state index contributed by atoms with van der Waals surface area (Å²) in [4.78, 5) is 4.06. The van der Waals surface area contributed by atoms with Crippen LogP contribution < -0.4 is 4.74 Å². The molecule has 3 heteroatoms. The van der Waals surface area contributed by atoms with Crippen LogP contribution in [0.5, 0.6) is 5.88 Å². The van der Waals surface area contributed by atoms with Gasteiger partial charge in [-0.3, -0.25) is 0 Å². The molecular weight excluding hydrogens is 166 g/mol. The van der Waals surface area contributed by atoms with Crippen molar-refractivity contribution >= 4 is 0 Å². The number of ether oxygens (including phenoxy) is 1. The van der Waals surface area contributed by atoms with Gasteiger partial charge < -0.3 is 9.84 Å². The highest BCUT2D eigenvalue weighted by atomic mass is 16.5. The van der Waals surface area contributed by atoms with Crippen LogP contribution in [0.2, 0.25) is 0 Å². The Morgan fingerprint density at radius 1 is 1.38 bits per heavy atom. The van der Waals surface area contributed by atoms with Gasteiger partial charge in [0.1, 0.15) is 6.10 Å². The van der Waals surface area contributed by atoms with E-state index in [0.717, 1.165) is 19.3 Å². The van der Waals surface area contributed by atoms with Crippen LogP contribution in [0, 0.1) is 0 Å². The lowest BCUT2D eigenvalue weighted by atomic mass is 10.3. The molecule has 2 unspecified atom stereocenters. The smallest absolute Gasteiger partial charge is 0.213 e. The summed E-state index contributed by atoms with van der Waals surface area (Å²) in [5.74, 6) is 0.654. The molecule has 1 aliphatic carbocycles. The number of aliphatic hydroxyl groups excluding tert-OH is 1. The molecule has 1 aromatic rings. The SMILES string of the molecule is OC1CCC(Oc2ccccn2)C1. The average molecular weight is 179 g/mol. The lowest BCUT2D eigenvalue weighted by Gasteiger charge is -2.11. The van der Waals surface area contributed by atoms with Crippen LogP contribution in [0.4, 0.5) is 0 Å². The van der Waals surface area contributed by atoms with E-state index in [1.54, 1.807) is 6.20 Å². The third kappa shape index (κ3) is 2.18. The molecule has 1 aliphatic rings. The predicted octanol–water partition coefficient (Wildman–Crippen LogP) is 1.37. The molecule has 2 rings (SSSR count). The zero-order valence-electron chi connectivity index (χ0n) is 7.39. The van der Waals surface area contributed by atoms with E-state index in [-0.39, 0.29) is 12.2 Å². The van der Waals surface area contributed by atoms with Crippen LogP contribution in [0.3, 0.4) is 0 Å². The molecule has 0 spiro atoms. The van der Waals surface area contributed by atoms with Crippen LogP contribution in [0.25, 0.3) is 0 Å². The average Bonchev–Trinajstić information content (AvgIpc) is 2.53. The van der Waals surface area contributed by atoms with E-state index in [9.17, 15) is 5.11 Å². The van der Waals surface area contributed by atoms with Crippen molar-refractivity contribution in [3.05, 3.63) is 24.4 Å². The Hall–Kier alpha value is -1.09. The van der Waals surface area contributed by atoms with Gasteiger partial charge in [0.2, 0.25) is 5.88 Å². The summed E-state index contributed by atoms with van der Waals surface area (Å²) < 4.78 is 5.57. The minimum atomic E-state index is -0.186. The first-order valence-corrected chi connectivity index (χ1v) is 4.60. The van der Waals surface area contributed by atoms with Crippen LogP contribution >= 0.6 is 0 Å². The molecule has 1 aromatic heterocycles. The number of hydrogen-bond acceptors (Lipinski definition) is 3. The maximum atomic E-state index is 9.28. The quantitative estimate of drug-likeness (QED) is 0.745. The van der Waals surface area contributed by atoms with Crippen LogP contribution in [0.15, 0.2) is 24.4 Å². The molecule has 0 saturated heterocycles. The fourth-order valence-corrected chi connectivity index (χ4v) is 1.61. The molecule has 1 N–H and O–H groups in total. The zero-order valence-corrected chi connectivity index (χ0v) is 7.39. The Balaban J connectivity index is 1.92. The van der Waals surface area contributed by atoms with Gasteiger partial charge in [0.25, 0.3) is 0 Å². The molecule has 13 heavy (non-hydrogen) atoms. The summed E-state index contributed by atoms with van der Waals surface area (Å²) in [6.45, 7) is 0. The molecular formula is C10H13NO2. The normalized spacial score (nSPS) is 27.5. The van der Waals surface area contributed by atoms with E-state index in [1.165, 1.54) is 0 Å². The first-order valence-electron chi connectivity index (χ1n) is 4.60. The molecule has 1 heterocycles. The van der Waals surface area contributed by atoms with Gasteiger partial charge in [0.05, 0.1) is 6.10 Å². The molecule has 0 amide bonds. The van der Waals surface area contributed by atoms with Gasteiger partial charge in [0, 0.05) is 18.7 Å². The van der Waals surface area contributed by atoms with Gasteiger partial charge >= 0.3 is 0 Å². The van der Waals surface area contributed by atoms with Crippen molar-refractivity contribution in [3.8, 4) is 5.88 Å². The van der Waals surface area contributed by atoms with E-state index in [4.69, 9.17) is 4.74 Å². The lowest BCUT2D eigenvalue weighted by molar-refractivity contribution is 0.147. The number of aromatic nitrogens is 1. The number of rotatable bonds is 2. The topological polar surface area (TPSA) is 42.4 Å². The van der Waals surface area contributed by atoms with Crippen molar-refractivity contribution in [3.63, 3.8) is 0 Å². The molecule has 0 aliphatic heterocycles. The van der Waals surface area contributed by atoms with Crippen LogP contribution in [0.1, 0.15) is 19.3 Å². The van der Waals surface area contributed by atoms with E-state index >= 15 is 0 Å². The molecule has 0 bridgehead atoms. The molecule has 0 radical (unpaired) electrons. The maximum Gasteiger partial charge on any atom is 0.213 e. The predicted molar refractivity (Wildman–Crippen MR) is 48.5 cm³/mol. The molecule has 0 aromatic carbocycles. The van der Waals surface area contributed by atoms with E-state index in [2.05, 4.69) is 4.98 Å². The standard InChI is InChI=1S/C10H13NO2/c12-8-4-5-9(7-8)13-10-3-1-2-6-11-10/h1-3,6,8-9,12H,4-5,7H2. The Morgan fingerprint density at radius 2 is 2.31 bits per heavy atom. The Morgan fingerprint density at radius 3 is 2.92 bits per heavy atom. The summed E-state index contributed by atoms with van der Waals surface area (Å²) in [6, 6.07) is 5.59. The van der Waals surface area contributed by atoms with Gasteiger partial charge in [-0.05, 0) is 18.9 Å². The number of pyridine rings is 1. The summed E-state index contributed by atoms with van der Waals surface area (Å²) in [7, 11) is 0. The van der Waals surface area contributed by atoms with E-state index in [0.29, 0.717) is 5.88 Å². The van der Waals surface area contributed by atoms with Crippen molar-refractivity contribution in [2.45, 2.75) is 31.5 Å². The van der Waals surface area contributed by atoms with Crippen LogP contribution in [-0.2, 0) is 0 Å². The van der Waals surface area contributed by atoms with Crippen molar-refractivity contribution in [2.24, 2.45) is 0 Å². The fourth-order valence-electron chi connectivity index (χ4n) is 1.61. The molecule has 3 nitrogen and oxygen atoms in total. The van der Waals surface area contributed by atoms with Crippen LogP contribution in [-0.4, -0.2) is 22.3 Å². The minimum absolute atomic E-state index is 0.143. The Labute approximate surface area is 77.4 Å². The number of nitrogens with zero attached hydrogens (tertiary/aromatic N) is 1. The highest BCUT2D eigenvalue weighted by Gasteiger charge is 2.24. The van der Waals surface area contributed by atoms with Crippen molar-refractivity contribution in [1.29, 1.82) is 0 Å². The highest BCUT2D eigenvalue weighted by Crippen LogP contribution is 2.22. The molecule has 1 saturated carbocycles. The van der Waals surface area contributed by atoms with Gasteiger partial charge in [-0.25, -0.2) is 4.98 Å². The van der Waals surface area contributed by atoms with Crippen molar-refractivity contribution in [1.82, 2.24) is 4.98 Å². The molecule has 1 fully saturated rings. The van der Waals surface area contributed by atoms with Gasteiger partial charge in [-0.1, -0.05) is 6.07 Å². The van der Waals surface area contributed by atoms with E-state index < -0.39 is 0 Å². The number of aliphatic hydroxyl groups is 1. The second-order valence-electron chi connectivity index (χ2n) is 3.37. The first-order chi connectivity index (χ1) is 6.34. The minimum Gasteiger partial charge on any atom is -0.474 e. The Bertz CT molecular complexity index is 263. The number of hydrogen-bond donors (Lipinski definition) is 1. The molecule has 70 valence electrons. The van der Waals surface area contributed by atoms with Crippen molar-refractivity contribution < 1.29 is 9.84 Å². The summed E-state index contributed by atoms with van der Waals surface area (Å²) >= 11 is 0. The summed E-state index contributed by atoms with van der Waals surface area (Å²) in [5, 5.41) is 9.28. The first kappa shape index (κ1) is 8.51. The second-order valence-corrected chi connectivity index (χ2v) is 3.37. The second kappa shape index (κ2) is 3.75. The monoisotopic (exact) mass is 179 g/mol. The zero-order chi connectivity index (χ0) is 9.10. The van der Waals surface area contributed by atoms with Gasteiger partial charge in [-0.15, -0.1) is 0 Å². The third-order valence-corrected chi connectivity index (χ3v) is 2.28. The maximum absolute atomic E-state index is 9.28. The Kier molecular flexibility index (Phi) is 2.45. The third-order valence-electron chi connectivity index (χ3n) is 2.28. The fraction of sp³-hybridized carbons (Fsp3) is 0.500. The van der Waals surface area contributed by atoms with Crippen molar-refractivity contribution in [2.75, 3.05) is 0 Å². The van der Waals surface area contributed by atoms with E-state index in [1.807, 2.05) is 18.2 Å². The highest BCUT2D eigenvalue weighted by molar-refractivity contribution is 5.09. The summed E-state index contributed by atoms with van der Waals surface area (Å²) in [5.41, 5.74) is 0. The molecule has 2 atom stereocenters. The lowest BCUT2D eigenvalue weighted by Crippen LogP contribution is -2.13.